The van der Waals surface area contributed by atoms with Crippen LogP contribution in [0.25, 0.3) is 0 Å². The van der Waals surface area contributed by atoms with Gasteiger partial charge in [-0.15, -0.1) is 0 Å². The van der Waals surface area contributed by atoms with Crippen LogP contribution in [0, 0.1) is 11.3 Å². The Hall–Kier alpha value is -2.85. The van der Waals surface area contributed by atoms with Gasteiger partial charge in [-0.3, -0.25) is 19.2 Å². The molecule has 2 fully saturated rings. The van der Waals surface area contributed by atoms with Gasteiger partial charge in [0, 0.05) is 50.1 Å². The molecule has 2 amide bonds. The maximum Gasteiger partial charge on any atom is 0.265 e. The van der Waals surface area contributed by atoms with Crippen LogP contribution in [0.1, 0.15) is 77.1 Å². The zero-order chi connectivity index (χ0) is 29.1. The highest BCUT2D eigenvalue weighted by molar-refractivity contribution is 8.13. The Bertz CT molecular complexity index is 1170. The fraction of sp³-hybridized carbons (Fsp3) is 0.600. The SMILES string of the molecule is C=C/C1=N\C(=C)NCCCC2CN(c3nc(N4CCC(OCCC(C)(C)C)C4=O)ccc3C(=O)NS1)C(C)(C)C2. The number of amides is 2. The number of carbonyl (C=O) groups excluding carboxylic acids is 2. The quantitative estimate of drug-likeness (QED) is 0.479. The van der Waals surface area contributed by atoms with Gasteiger partial charge in [-0.25, -0.2) is 9.98 Å². The first-order valence-electron chi connectivity index (χ1n) is 14.2. The smallest absolute Gasteiger partial charge is 0.265 e. The van der Waals surface area contributed by atoms with Gasteiger partial charge in [-0.05, 0) is 69.1 Å². The van der Waals surface area contributed by atoms with Gasteiger partial charge in [0.05, 0.1) is 5.56 Å². The molecule has 40 heavy (non-hydrogen) atoms. The molecule has 1 aromatic heterocycles. The summed E-state index contributed by atoms with van der Waals surface area (Å²) in [6, 6.07) is 3.54. The van der Waals surface area contributed by atoms with Crippen LogP contribution in [0.3, 0.4) is 0 Å². The summed E-state index contributed by atoms with van der Waals surface area (Å²) in [7, 11) is 0. The van der Waals surface area contributed by atoms with E-state index in [1.807, 2.05) is 0 Å². The Balaban J connectivity index is 1.63. The van der Waals surface area contributed by atoms with Gasteiger partial charge < -0.3 is 15.0 Å². The fourth-order valence-electron chi connectivity index (χ4n) is 5.53. The van der Waals surface area contributed by atoms with Crippen molar-refractivity contribution in [2.75, 3.05) is 36.0 Å². The van der Waals surface area contributed by atoms with E-state index in [2.05, 4.69) is 67.7 Å². The Morgan fingerprint density at radius 2 is 2.02 bits per heavy atom. The molecule has 9 nitrogen and oxygen atoms in total. The molecule has 3 aliphatic heterocycles. The van der Waals surface area contributed by atoms with Gasteiger partial charge in [0.15, 0.2) is 0 Å². The molecule has 4 heterocycles. The number of ether oxygens (including phenoxy) is 1. The number of carbonyl (C=O) groups is 2. The summed E-state index contributed by atoms with van der Waals surface area (Å²) in [6.07, 6.45) is 5.64. The summed E-state index contributed by atoms with van der Waals surface area (Å²) in [5, 5.41) is 3.80. The van der Waals surface area contributed by atoms with E-state index in [-0.39, 0.29) is 22.8 Å². The number of hydrogen-bond acceptors (Lipinski definition) is 8. The van der Waals surface area contributed by atoms with Crippen molar-refractivity contribution in [1.82, 2.24) is 15.0 Å². The topological polar surface area (TPSA) is 99.2 Å². The predicted molar refractivity (Wildman–Crippen MR) is 164 cm³/mol. The monoisotopic (exact) mass is 568 g/mol. The van der Waals surface area contributed by atoms with Gasteiger partial charge in [-0.1, -0.05) is 33.9 Å². The first-order valence-corrected chi connectivity index (χ1v) is 15.0. The molecule has 2 N–H and O–H groups in total. The molecular formula is C30H44N6O3S. The molecule has 0 radical (unpaired) electrons. The van der Waals surface area contributed by atoms with Crippen molar-refractivity contribution in [2.45, 2.75) is 78.4 Å². The molecule has 218 valence electrons. The highest BCUT2D eigenvalue weighted by atomic mass is 32.2. The second-order valence-corrected chi connectivity index (χ2v) is 13.5. The Morgan fingerprint density at radius 3 is 2.75 bits per heavy atom. The molecule has 4 rings (SSSR count). The Morgan fingerprint density at radius 1 is 1.25 bits per heavy atom. The van der Waals surface area contributed by atoms with E-state index in [1.165, 1.54) is 0 Å². The van der Waals surface area contributed by atoms with Crippen LogP contribution >= 0.6 is 11.9 Å². The fourth-order valence-corrected chi connectivity index (χ4v) is 6.07. The van der Waals surface area contributed by atoms with Gasteiger partial charge in [0.25, 0.3) is 11.8 Å². The molecule has 0 saturated carbocycles. The largest absolute Gasteiger partial charge is 0.371 e. The first kappa shape index (κ1) is 30.1. The minimum atomic E-state index is -0.464. The van der Waals surface area contributed by atoms with E-state index in [9.17, 15) is 9.59 Å². The van der Waals surface area contributed by atoms with Crippen molar-refractivity contribution in [3.8, 4) is 0 Å². The first-order chi connectivity index (χ1) is 18.9. The van der Waals surface area contributed by atoms with Gasteiger partial charge in [-0.2, -0.15) is 0 Å². The van der Waals surface area contributed by atoms with E-state index < -0.39 is 6.10 Å². The number of nitrogens with one attached hydrogen (secondary N) is 2. The van der Waals surface area contributed by atoms with Gasteiger partial charge >= 0.3 is 0 Å². The van der Waals surface area contributed by atoms with Crippen LogP contribution < -0.4 is 19.8 Å². The summed E-state index contributed by atoms with van der Waals surface area (Å²) >= 11 is 1.09. The van der Waals surface area contributed by atoms with E-state index >= 15 is 0 Å². The molecular weight excluding hydrogens is 524 g/mol. The number of pyridine rings is 1. The van der Waals surface area contributed by atoms with E-state index in [0.29, 0.717) is 53.6 Å². The summed E-state index contributed by atoms with van der Waals surface area (Å²) < 4.78 is 8.88. The van der Waals surface area contributed by atoms with E-state index in [0.717, 1.165) is 50.7 Å². The van der Waals surface area contributed by atoms with Crippen molar-refractivity contribution < 1.29 is 14.3 Å². The number of nitrogens with zero attached hydrogens (tertiary/aromatic N) is 4. The Kier molecular flexibility index (Phi) is 9.29. The average Bonchev–Trinajstić information content (AvgIpc) is 3.40. The normalized spacial score (nSPS) is 25.3. The number of aliphatic imine (C=N–C) groups is 1. The number of hydrogen-bond donors (Lipinski definition) is 2. The predicted octanol–water partition coefficient (Wildman–Crippen LogP) is 5.06. The molecule has 2 saturated heterocycles. The lowest BCUT2D eigenvalue weighted by atomic mass is 9.93. The molecule has 2 atom stereocenters. The lowest BCUT2D eigenvalue weighted by Crippen LogP contribution is -2.40. The second kappa shape index (κ2) is 12.3. The van der Waals surface area contributed by atoms with Crippen LogP contribution in [-0.2, 0) is 9.53 Å². The van der Waals surface area contributed by atoms with Crippen molar-refractivity contribution in [1.29, 1.82) is 0 Å². The summed E-state index contributed by atoms with van der Waals surface area (Å²) in [5.41, 5.74) is 0.409. The lowest BCUT2D eigenvalue weighted by Gasteiger charge is -2.34. The van der Waals surface area contributed by atoms with Gasteiger partial charge in [0.1, 0.15) is 28.6 Å². The minimum absolute atomic E-state index is 0.0726. The maximum atomic E-state index is 13.5. The summed E-state index contributed by atoms with van der Waals surface area (Å²) in [5.74, 6) is 1.79. The summed E-state index contributed by atoms with van der Waals surface area (Å²) in [4.78, 5) is 40.2. The number of aromatic nitrogens is 1. The van der Waals surface area contributed by atoms with Crippen molar-refractivity contribution in [3.05, 3.63) is 42.8 Å². The average molecular weight is 569 g/mol. The molecule has 0 spiro atoms. The van der Waals surface area contributed by atoms with E-state index in [1.54, 1.807) is 23.1 Å². The zero-order valence-electron chi connectivity index (χ0n) is 24.6. The lowest BCUT2D eigenvalue weighted by molar-refractivity contribution is -0.127. The molecule has 2 unspecified atom stereocenters. The standard InChI is InChI=1S/C30H44N6O3S/c1-8-25-32-20(2)31-15-9-10-21-18-30(6,7)36(19-21)26-22(27(37)34-40-25)11-12-24(33-26)35-16-13-23(28(35)38)39-17-14-29(3,4)5/h8,11-12,21,23,31H,1-2,9-10,13-19H2,3-7H3,(H,34,37)/b32-25+. The van der Waals surface area contributed by atoms with Crippen LogP contribution in [0.5, 0.6) is 0 Å². The summed E-state index contributed by atoms with van der Waals surface area (Å²) in [6.45, 7) is 21.3. The number of fused-ring (bicyclic) bond motifs is 4. The van der Waals surface area contributed by atoms with Crippen LogP contribution in [-0.4, -0.2) is 59.7 Å². The van der Waals surface area contributed by atoms with Crippen molar-refractivity contribution in [3.63, 3.8) is 0 Å². The van der Waals surface area contributed by atoms with Crippen molar-refractivity contribution >= 4 is 40.4 Å². The third-order valence-electron chi connectivity index (χ3n) is 7.71. The molecule has 10 heteroatoms. The van der Waals surface area contributed by atoms with Crippen LogP contribution in [0.4, 0.5) is 11.6 Å². The van der Waals surface area contributed by atoms with Crippen molar-refractivity contribution in [2.24, 2.45) is 16.3 Å². The van der Waals surface area contributed by atoms with Crippen LogP contribution in [0.2, 0.25) is 0 Å². The third-order valence-corrected chi connectivity index (χ3v) is 8.47. The number of rotatable bonds is 5. The molecule has 0 aliphatic carbocycles. The van der Waals surface area contributed by atoms with Crippen LogP contribution in [0.15, 0.2) is 42.2 Å². The second-order valence-electron chi connectivity index (χ2n) is 12.7. The minimum Gasteiger partial charge on any atom is -0.371 e. The van der Waals surface area contributed by atoms with Gasteiger partial charge in [0.2, 0.25) is 0 Å². The highest BCUT2D eigenvalue weighted by Gasteiger charge is 2.41. The zero-order valence-corrected chi connectivity index (χ0v) is 25.4. The molecule has 3 aliphatic rings. The van der Waals surface area contributed by atoms with E-state index in [4.69, 9.17) is 9.72 Å². The number of anilines is 2. The Labute approximate surface area is 243 Å². The molecule has 1 aromatic rings. The third kappa shape index (κ3) is 7.26. The highest BCUT2D eigenvalue weighted by Crippen LogP contribution is 2.40. The molecule has 2 bridgehead atoms. The maximum absolute atomic E-state index is 13.5. The molecule has 0 aromatic carbocycles.